The third kappa shape index (κ3) is 6.34. The normalized spacial score (nSPS) is 12.6. The van der Waals surface area contributed by atoms with Crippen molar-refractivity contribution < 1.29 is 28.5 Å². The number of aliphatic hydroxyl groups excluding tert-OH is 1. The van der Waals surface area contributed by atoms with Gasteiger partial charge in [0.15, 0.2) is 5.58 Å². The van der Waals surface area contributed by atoms with Crippen LogP contribution in [0.3, 0.4) is 0 Å². The van der Waals surface area contributed by atoms with E-state index in [0.29, 0.717) is 42.6 Å². The van der Waals surface area contributed by atoms with Gasteiger partial charge in [0.2, 0.25) is 0 Å². The number of carbonyl (C=O) groups is 1. The van der Waals surface area contributed by atoms with Gasteiger partial charge in [0, 0.05) is 7.05 Å². The van der Waals surface area contributed by atoms with Gasteiger partial charge in [-0.1, -0.05) is 42.5 Å². The van der Waals surface area contributed by atoms with Crippen molar-refractivity contribution in [3.63, 3.8) is 0 Å². The number of ether oxygens (including phenoxy) is 3. The molecule has 188 valence electrons. The molecule has 4 aromatic rings. The minimum Gasteiger partial charge on any atom is -0.494 e. The number of oxazole rings is 1. The van der Waals surface area contributed by atoms with E-state index in [4.69, 9.17) is 18.6 Å². The van der Waals surface area contributed by atoms with E-state index in [-0.39, 0.29) is 6.61 Å². The number of nitrogens with zero attached hydrogens (tertiary/aromatic N) is 2. The molecule has 1 aromatic heterocycles. The number of hydrogen-bond donors (Lipinski definition) is 1. The lowest BCUT2D eigenvalue weighted by atomic mass is 9.93. The van der Waals surface area contributed by atoms with Crippen LogP contribution in [0.5, 0.6) is 11.5 Å². The number of aromatic nitrogens is 1. The highest BCUT2D eigenvalue weighted by molar-refractivity contribution is 5.74. The van der Waals surface area contributed by atoms with Crippen LogP contribution < -0.4 is 14.4 Å². The quantitative estimate of drug-likeness (QED) is 0.287. The van der Waals surface area contributed by atoms with Crippen LogP contribution in [0.15, 0.2) is 83.3 Å². The second-order valence-corrected chi connectivity index (χ2v) is 8.33. The highest BCUT2D eigenvalue weighted by Crippen LogP contribution is 2.28. The monoisotopic (exact) mass is 490 g/mol. The number of para-hydroxylation sites is 3. The average Bonchev–Trinajstić information content (AvgIpc) is 3.36. The molecule has 8 nitrogen and oxygen atoms in total. The molecular formula is C28H30N2O6. The molecule has 0 spiro atoms. The van der Waals surface area contributed by atoms with Gasteiger partial charge in [0.1, 0.15) is 23.6 Å². The first kappa shape index (κ1) is 25.1. The molecule has 0 radical (unpaired) electrons. The van der Waals surface area contributed by atoms with Crippen molar-refractivity contribution in [2.75, 3.05) is 38.8 Å². The molecule has 0 aliphatic rings. The fourth-order valence-corrected chi connectivity index (χ4v) is 3.79. The van der Waals surface area contributed by atoms with Crippen molar-refractivity contribution in [1.82, 2.24) is 4.98 Å². The summed E-state index contributed by atoms with van der Waals surface area (Å²) >= 11 is 0. The molecule has 1 heterocycles. The van der Waals surface area contributed by atoms with Crippen LogP contribution >= 0.6 is 0 Å². The summed E-state index contributed by atoms with van der Waals surface area (Å²) in [4.78, 5) is 18.7. The summed E-state index contributed by atoms with van der Waals surface area (Å²) in [5.74, 6) is 0.120. The van der Waals surface area contributed by atoms with Crippen LogP contribution in [0.1, 0.15) is 18.1 Å². The van der Waals surface area contributed by atoms with E-state index >= 15 is 0 Å². The lowest BCUT2D eigenvalue weighted by Crippen LogP contribution is -2.25. The Morgan fingerprint density at radius 3 is 2.33 bits per heavy atom. The highest BCUT2D eigenvalue weighted by Gasteiger charge is 2.29. The lowest BCUT2D eigenvalue weighted by Gasteiger charge is -2.21. The Balaban J connectivity index is 1.29. The third-order valence-electron chi connectivity index (χ3n) is 5.85. The molecule has 0 aliphatic heterocycles. The molecule has 36 heavy (non-hydrogen) atoms. The van der Waals surface area contributed by atoms with Crippen molar-refractivity contribution in [3.8, 4) is 11.5 Å². The number of hydrogen-bond acceptors (Lipinski definition) is 8. The van der Waals surface area contributed by atoms with E-state index in [2.05, 4.69) is 4.98 Å². The predicted octanol–water partition coefficient (Wildman–Crippen LogP) is 4.63. The maximum Gasteiger partial charge on any atom is 0.311 e. The van der Waals surface area contributed by atoms with Crippen LogP contribution in [0.2, 0.25) is 0 Å². The minimum atomic E-state index is -1.03. The minimum absolute atomic E-state index is 0.273. The van der Waals surface area contributed by atoms with Crippen molar-refractivity contribution >= 4 is 23.1 Å². The molecule has 3 aromatic carbocycles. The molecule has 0 aliphatic carbocycles. The maximum atomic E-state index is 12.3. The van der Waals surface area contributed by atoms with Gasteiger partial charge in [-0.15, -0.1) is 0 Å². The smallest absolute Gasteiger partial charge is 0.311 e. The first-order valence-electron chi connectivity index (χ1n) is 11.8. The molecule has 0 amide bonds. The molecule has 4 rings (SSSR count). The molecular weight excluding hydrogens is 460 g/mol. The van der Waals surface area contributed by atoms with E-state index in [1.165, 1.54) is 7.11 Å². The molecule has 0 saturated heterocycles. The van der Waals surface area contributed by atoms with Crippen LogP contribution in [0.4, 0.5) is 6.01 Å². The maximum absolute atomic E-state index is 12.3. The van der Waals surface area contributed by atoms with E-state index in [1.807, 2.05) is 66.5 Å². The summed E-state index contributed by atoms with van der Waals surface area (Å²) in [6, 6.07) is 24.5. The number of aliphatic hydroxyl groups is 1. The number of carbonyl (C=O) groups excluding carboxylic acids is 1. The molecule has 2 unspecified atom stereocenters. The Labute approximate surface area is 210 Å². The third-order valence-corrected chi connectivity index (χ3v) is 5.85. The number of methoxy groups -OCH3 is 1. The van der Waals surface area contributed by atoms with Gasteiger partial charge < -0.3 is 28.6 Å². The zero-order valence-corrected chi connectivity index (χ0v) is 20.4. The number of likely N-dealkylation sites (N-methyl/N-ethyl adjacent to an activating group) is 1. The van der Waals surface area contributed by atoms with Gasteiger partial charge >= 0.3 is 5.97 Å². The zero-order valence-electron chi connectivity index (χ0n) is 20.4. The summed E-state index contributed by atoms with van der Waals surface area (Å²) in [7, 11) is 3.21. The molecule has 8 heteroatoms. The summed E-state index contributed by atoms with van der Waals surface area (Å²) < 4.78 is 22.2. The van der Waals surface area contributed by atoms with Gasteiger partial charge in [-0.3, -0.25) is 4.79 Å². The van der Waals surface area contributed by atoms with E-state index in [9.17, 15) is 9.90 Å². The second kappa shape index (κ2) is 12.1. The Morgan fingerprint density at radius 2 is 1.61 bits per heavy atom. The van der Waals surface area contributed by atoms with Crippen molar-refractivity contribution in [1.29, 1.82) is 0 Å². The summed E-state index contributed by atoms with van der Waals surface area (Å²) in [5, 5.41) is 10.9. The van der Waals surface area contributed by atoms with Crippen LogP contribution in [-0.2, 0) is 9.53 Å². The largest absolute Gasteiger partial charge is 0.494 e. The van der Waals surface area contributed by atoms with Gasteiger partial charge in [0.25, 0.3) is 6.01 Å². The number of benzene rings is 3. The Morgan fingerprint density at radius 1 is 0.944 bits per heavy atom. The summed E-state index contributed by atoms with van der Waals surface area (Å²) in [6.45, 7) is 1.26. The second-order valence-electron chi connectivity index (χ2n) is 8.33. The fourth-order valence-electron chi connectivity index (χ4n) is 3.79. The SMILES string of the molecule is COC(=O)C(CCOc1ccccc1)C(O)c1ccc(OCCN(C)c2nc3ccccc3o2)cc1. The molecule has 2 atom stereocenters. The van der Waals surface area contributed by atoms with Crippen LogP contribution in [0.25, 0.3) is 11.1 Å². The van der Waals surface area contributed by atoms with E-state index in [1.54, 1.807) is 24.3 Å². The highest BCUT2D eigenvalue weighted by atomic mass is 16.5. The standard InChI is InChI=1S/C28H30N2O6/c1-30(28-29-24-10-6-7-11-25(24)36-28)17-19-35-22-14-12-20(13-15-22)26(31)23(27(32)33-2)16-18-34-21-8-4-3-5-9-21/h3-15,23,26,31H,16-19H2,1-2H3. The van der Waals surface area contributed by atoms with Crippen molar-refractivity contribution in [2.24, 2.45) is 5.92 Å². The lowest BCUT2D eigenvalue weighted by molar-refractivity contribution is -0.150. The average molecular weight is 491 g/mol. The zero-order chi connectivity index (χ0) is 25.3. The van der Waals surface area contributed by atoms with Gasteiger partial charge in [-0.25, -0.2) is 0 Å². The summed E-state index contributed by atoms with van der Waals surface area (Å²) in [5.41, 5.74) is 2.15. The van der Waals surface area contributed by atoms with Crippen LogP contribution in [0, 0.1) is 5.92 Å². The Kier molecular flexibility index (Phi) is 8.41. The molecule has 0 bridgehead atoms. The number of anilines is 1. The van der Waals surface area contributed by atoms with Crippen molar-refractivity contribution in [2.45, 2.75) is 12.5 Å². The van der Waals surface area contributed by atoms with Gasteiger partial charge in [-0.2, -0.15) is 4.98 Å². The number of rotatable bonds is 12. The number of esters is 1. The first-order chi connectivity index (χ1) is 17.5. The summed E-state index contributed by atoms with van der Waals surface area (Å²) in [6.07, 6.45) is -0.723. The topological polar surface area (TPSA) is 94.3 Å². The Bertz CT molecular complexity index is 1210. The van der Waals surface area contributed by atoms with E-state index < -0.39 is 18.0 Å². The van der Waals surface area contributed by atoms with E-state index in [0.717, 1.165) is 11.1 Å². The molecule has 0 saturated carbocycles. The first-order valence-corrected chi connectivity index (χ1v) is 11.8. The number of fused-ring (bicyclic) bond motifs is 1. The van der Waals surface area contributed by atoms with Gasteiger partial charge in [-0.05, 0) is 48.4 Å². The Hall–Kier alpha value is -4.04. The molecule has 1 N–H and O–H groups in total. The van der Waals surface area contributed by atoms with Gasteiger partial charge in [0.05, 0.1) is 32.3 Å². The fraction of sp³-hybridized carbons (Fsp3) is 0.286. The predicted molar refractivity (Wildman–Crippen MR) is 136 cm³/mol. The van der Waals surface area contributed by atoms with Crippen molar-refractivity contribution in [3.05, 3.63) is 84.4 Å². The molecule has 0 fully saturated rings. The van der Waals surface area contributed by atoms with Crippen LogP contribution in [-0.4, -0.2) is 50.0 Å².